The van der Waals surface area contributed by atoms with Crippen LogP contribution in [0.5, 0.6) is 0 Å². The average molecular weight is 293 g/mol. The van der Waals surface area contributed by atoms with E-state index in [9.17, 15) is 22.7 Å². The second kappa shape index (κ2) is 7.04. The molecule has 0 saturated carbocycles. The number of hydrogen-bond donors (Lipinski definition) is 2. The Balaban J connectivity index is 2.58. The number of hydrogen-bond acceptors (Lipinski definition) is 2. The molecule has 2 N–H and O–H groups in total. The van der Waals surface area contributed by atoms with Crippen molar-refractivity contribution in [3.05, 3.63) is 35.1 Å². The zero-order chi connectivity index (χ0) is 15.3. The van der Waals surface area contributed by atoms with Gasteiger partial charge in [0.25, 0.3) is 0 Å². The Bertz CT molecular complexity index is 432. The van der Waals surface area contributed by atoms with Crippen LogP contribution in [0, 0.1) is 11.7 Å². The third-order valence-corrected chi connectivity index (χ3v) is 2.85. The van der Waals surface area contributed by atoms with Gasteiger partial charge in [0.2, 0.25) is 0 Å². The molecule has 0 aromatic heterocycles. The third kappa shape index (κ3) is 5.88. The number of aliphatic hydroxyl groups excluding tert-OH is 1. The minimum Gasteiger partial charge on any atom is -0.393 e. The standard InChI is InChI=1S/C14H19F4NO/c1-9(3-10(2)20)7-19-8-11-4-12(14(16,17)18)6-13(15)5-11/h4-6,9-10,19-20H,3,7-8H2,1-2H3. The van der Waals surface area contributed by atoms with Crippen LogP contribution in [0.4, 0.5) is 17.6 Å². The summed E-state index contributed by atoms with van der Waals surface area (Å²) in [4.78, 5) is 0. The highest BCUT2D eigenvalue weighted by atomic mass is 19.4. The molecule has 0 aliphatic heterocycles. The van der Waals surface area contributed by atoms with Gasteiger partial charge in [-0.25, -0.2) is 4.39 Å². The van der Waals surface area contributed by atoms with Gasteiger partial charge in [0.15, 0.2) is 0 Å². The van der Waals surface area contributed by atoms with Crippen LogP contribution in [0.25, 0.3) is 0 Å². The van der Waals surface area contributed by atoms with Gasteiger partial charge in [-0.2, -0.15) is 13.2 Å². The SMILES string of the molecule is CC(O)CC(C)CNCc1cc(F)cc(C(F)(F)F)c1. The van der Waals surface area contributed by atoms with Crippen molar-refractivity contribution in [2.24, 2.45) is 5.92 Å². The van der Waals surface area contributed by atoms with E-state index in [0.29, 0.717) is 19.0 Å². The van der Waals surface area contributed by atoms with Crippen molar-refractivity contribution in [3.8, 4) is 0 Å². The van der Waals surface area contributed by atoms with Gasteiger partial charge in [-0.05, 0) is 49.6 Å². The van der Waals surface area contributed by atoms with Gasteiger partial charge in [0.1, 0.15) is 5.82 Å². The molecule has 20 heavy (non-hydrogen) atoms. The summed E-state index contributed by atoms with van der Waals surface area (Å²) >= 11 is 0. The average Bonchev–Trinajstić information content (AvgIpc) is 2.25. The van der Waals surface area contributed by atoms with Gasteiger partial charge in [-0.3, -0.25) is 0 Å². The molecule has 2 unspecified atom stereocenters. The number of rotatable bonds is 6. The van der Waals surface area contributed by atoms with Crippen molar-refractivity contribution >= 4 is 0 Å². The van der Waals surface area contributed by atoms with E-state index >= 15 is 0 Å². The summed E-state index contributed by atoms with van der Waals surface area (Å²) in [6, 6.07) is 2.51. The minimum atomic E-state index is -4.55. The molecule has 0 aliphatic rings. The lowest BCUT2D eigenvalue weighted by Gasteiger charge is -2.15. The molecule has 1 aromatic carbocycles. The molecular weight excluding hydrogens is 274 g/mol. The first kappa shape index (κ1) is 16.9. The molecule has 0 heterocycles. The molecule has 1 aromatic rings. The topological polar surface area (TPSA) is 32.3 Å². The van der Waals surface area contributed by atoms with E-state index < -0.39 is 23.7 Å². The largest absolute Gasteiger partial charge is 0.416 e. The zero-order valence-electron chi connectivity index (χ0n) is 11.5. The van der Waals surface area contributed by atoms with E-state index in [2.05, 4.69) is 5.32 Å². The van der Waals surface area contributed by atoms with E-state index in [-0.39, 0.29) is 18.0 Å². The van der Waals surface area contributed by atoms with Gasteiger partial charge >= 0.3 is 6.18 Å². The summed E-state index contributed by atoms with van der Waals surface area (Å²) in [5.41, 5.74) is -0.729. The van der Waals surface area contributed by atoms with Crippen molar-refractivity contribution in [1.29, 1.82) is 0 Å². The van der Waals surface area contributed by atoms with Crippen LogP contribution in [-0.2, 0) is 12.7 Å². The third-order valence-electron chi connectivity index (χ3n) is 2.85. The molecule has 2 nitrogen and oxygen atoms in total. The molecule has 2 atom stereocenters. The monoisotopic (exact) mass is 293 g/mol. The Hall–Kier alpha value is -1.14. The summed E-state index contributed by atoms with van der Waals surface area (Å²) in [7, 11) is 0. The first-order valence-electron chi connectivity index (χ1n) is 6.44. The van der Waals surface area contributed by atoms with E-state index in [1.54, 1.807) is 6.92 Å². The van der Waals surface area contributed by atoms with Crippen LogP contribution in [0.15, 0.2) is 18.2 Å². The fourth-order valence-electron chi connectivity index (χ4n) is 2.04. The number of halogens is 4. The molecule has 0 amide bonds. The highest BCUT2D eigenvalue weighted by molar-refractivity contribution is 5.26. The maximum Gasteiger partial charge on any atom is 0.416 e. The lowest BCUT2D eigenvalue weighted by Crippen LogP contribution is -2.23. The van der Waals surface area contributed by atoms with E-state index in [4.69, 9.17) is 0 Å². The minimum absolute atomic E-state index is 0.158. The second-order valence-electron chi connectivity index (χ2n) is 5.17. The van der Waals surface area contributed by atoms with Gasteiger partial charge in [0.05, 0.1) is 11.7 Å². The Morgan fingerprint density at radius 3 is 2.40 bits per heavy atom. The first-order valence-corrected chi connectivity index (χ1v) is 6.44. The zero-order valence-corrected chi connectivity index (χ0v) is 11.5. The summed E-state index contributed by atoms with van der Waals surface area (Å²) < 4.78 is 50.7. The Morgan fingerprint density at radius 1 is 1.20 bits per heavy atom. The Morgan fingerprint density at radius 2 is 1.85 bits per heavy atom. The van der Waals surface area contributed by atoms with Gasteiger partial charge in [0, 0.05) is 6.54 Å². The molecule has 0 radical (unpaired) electrons. The summed E-state index contributed by atoms with van der Waals surface area (Å²) in [6.45, 7) is 4.30. The lowest BCUT2D eigenvalue weighted by molar-refractivity contribution is -0.137. The van der Waals surface area contributed by atoms with Gasteiger partial charge in [-0.15, -0.1) is 0 Å². The number of nitrogens with one attached hydrogen (secondary N) is 1. The Kier molecular flexibility index (Phi) is 5.95. The quantitative estimate of drug-likeness (QED) is 0.788. The second-order valence-corrected chi connectivity index (χ2v) is 5.17. The maximum atomic E-state index is 13.2. The van der Waals surface area contributed by atoms with Crippen LogP contribution < -0.4 is 5.32 Å². The fraction of sp³-hybridized carbons (Fsp3) is 0.571. The van der Waals surface area contributed by atoms with Gasteiger partial charge in [-0.1, -0.05) is 6.92 Å². The molecule has 1 rings (SSSR count). The highest BCUT2D eigenvalue weighted by Gasteiger charge is 2.31. The van der Waals surface area contributed by atoms with Crippen LogP contribution >= 0.6 is 0 Å². The normalized spacial score (nSPS) is 15.2. The van der Waals surface area contributed by atoms with Crippen LogP contribution in [0.2, 0.25) is 0 Å². The van der Waals surface area contributed by atoms with E-state index in [1.807, 2.05) is 6.92 Å². The van der Waals surface area contributed by atoms with Crippen molar-refractivity contribution in [1.82, 2.24) is 5.32 Å². The number of aliphatic hydroxyl groups is 1. The first-order chi connectivity index (χ1) is 9.18. The fourth-order valence-corrected chi connectivity index (χ4v) is 2.04. The van der Waals surface area contributed by atoms with Crippen molar-refractivity contribution < 1.29 is 22.7 Å². The molecule has 114 valence electrons. The number of alkyl halides is 3. The molecule has 0 aliphatic carbocycles. The lowest BCUT2D eigenvalue weighted by atomic mass is 10.0. The molecule has 0 spiro atoms. The summed E-state index contributed by atoms with van der Waals surface area (Å²) in [6.07, 6.45) is -4.36. The maximum absolute atomic E-state index is 13.2. The van der Waals surface area contributed by atoms with Crippen molar-refractivity contribution in [2.45, 2.75) is 39.1 Å². The summed E-state index contributed by atoms with van der Waals surface area (Å²) in [5, 5.41) is 12.2. The Labute approximate surface area is 115 Å². The van der Waals surface area contributed by atoms with E-state index in [0.717, 1.165) is 12.1 Å². The van der Waals surface area contributed by atoms with Gasteiger partial charge < -0.3 is 10.4 Å². The molecule has 0 saturated heterocycles. The summed E-state index contributed by atoms with van der Waals surface area (Å²) in [5.74, 6) is -0.709. The van der Waals surface area contributed by atoms with Crippen LogP contribution in [-0.4, -0.2) is 17.8 Å². The molecule has 0 bridgehead atoms. The van der Waals surface area contributed by atoms with E-state index in [1.165, 1.54) is 0 Å². The van der Waals surface area contributed by atoms with Crippen LogP contribution in [0.1, 0.15) is 31.4 Å². The molecule has 0 fully saturated rings. The van der Waals surface area contributed by atoms with Crippen molar-refractivity contribution in [3.63, 3.8) is 0 Å². The number of benzene rings is 1. The molecule has 6 heteroatoms. The predicted molar refractivity (Wildman–Crippen MR) is 68.6 cm³/mol. The van der Waals surface area contributed by atoms with Crippen LogP contribution in [0.3, 0.4) is 0 Å². The smallest absolute Gasteiger partial charge is 0.393 e. The van der Waals surface area contributed by atoms with Crippen molar-refractivity contribution in [2.75, 3.05) is 6.54 Å². The highest BCUT2D eigenvalue weighted by Crippen LogP contribution is 2.30. The molecular formula is C14H19F4NO. The predicted octanol–water partition coefficient (Wildman–Crippen LogP) is 3.34.